The minimum absolute atomic E-state index is 0.328. The Labute approximate surface area is 108 Å². The van der Waals surface area contributed by atoms with Crippen LogP contribution in [0.1, 0.15) is 12.0 Å². The lowest BCUT2D eigenvalue weighted by Gasteiger charge is -2.21. The van der Waals surface area contributed by atoms with Gasteiger partial charge in [0.1, 0.15) is 0 Å². The normalized spacial score (nSPS) is 24.6. The van der Waals surface area contributed by atoms with Gasteiger partial charge < -0.3 is 9.84 Å². The van der Waals surface area contributed by atoms with E-state index >= 15 is 0 Å². The van der Waals surface area contributed by atoms with Crippen molar-refractivity contribution in [1.82, 2.24) is 0 Å². The van der Waals surface area contributed by atoms with E-state index in [1.165, 1.54) is 0 Å². The molecule has 1 aliphatic rings. The number of carbonyl (C=O) groups is 1. The Hall–Kier alpha value is -0.620. The van der Waals surface area contributed by atoms with Gasteiger partial charge in [-0.1, -0.05) is 12.1 Å². The fourth-order valence-corrected chi connectivity index (χ4v) is 2.34. The molecule has 0 radical (unpaired) electrons. The smallest absolute Gasteiger partial charge is 0.312 e. The largest absolute Gasteiger partial charge is 0.481 e. The number of hydrogen-bond donors (Lipinski definition) is 1. The van der Waals surface area contributed by atoms with Gasteiger partial charge >= 0.3 is 5.97 Å². The number of ether oxygens (including phenoxy) is 1. The summed E-state index contributed by atoms with van der Waals surface area (Å²) in [6.07, 6.45) is 1.16. The second-order valence-electron chi connectivity index (χ2n) is 4.19. The summed E-state index contributed by atoms with van der Waals surface area (Å²) in [5.41, 5.74) is 0.348. The molecule has 0 saturated carbocycles. The van der Waals surface area contributed by atoms with E-state index in [1.54, 1.807) is 0 Å². The van der Waals surface area contributed by atoms with Crippen molar-refractivity contribution in [2.75, 3.05) is 13.2 Å². The molecule has 1 aliphatic heterocycles. The minimum Gasteiger partial charge on any atom is -0.481 e. The highest BCUT2D eigenvalue weighted by molar-refractivity contribution is 14.1. The first-order chi connectivity index (χ1) is 7.62. The number of aliphatic carboxylic acids is 1. The molecule has 1 aromatic carbocycles. The van der Waals surface area contributed by atoms with Gasteiger partial charge in [0.05, 0.1) is 12.0 Å². The van der Waals surface area contributed by atoms with Crippen LogP contribution in [-0.2, 0) is 16.0 Å². The lowest BCUT2D eigenvalue weighted by molar-refractivity contribution is -0.148. The van der Waals surface area contributed by atoms with Gasteiger partial charge in [-0.2, -0.15) is 0 Å². The summed E-state index contributed by atoms with van der Waals surface area (Å²) in [6, 6.07) is 7.98. The standard InChI is InChI=1S/C12H13IO3/c13-10-3-1-9(2-4-10)7-12(11(14)15)5-6-16-8-12/h1-4H,5-8H2,(H,14,15). The minimum atomic E-state index is -0.747. The molecular weight excluding hydrogens is 319 g/mol. The topological polar surface area (TPSA) is 46.5 Å². The third-order valence-electron chi connectivity index (χ3n) is 3.01. The molecule has 1 unspecified atom stereocenters. The van der Waals surface area contributed by atoms with Gasteiger partial charge in [-0.3, -0.25) is 4.79 Å². The average Bonchev–Trinajstić information content (AvgIpc) is 2.71. The summed E-state index contributed by atoms with van der Waals surface area (Å²) in [7, 11) is 0. The van der Waals surface area contributed by atoms with Crippen molar-refractivity contribution in [2.45, 2.75) is 12.8 Å². The number of rotatable bonds is 3. The van der Waals surface area contributed by atoms with Crippen LogP contribution in [0.5, 0.6) is 0 Å². The number of hydrogen-bond acceptors (Lipinski definition) is 2. The van der Waals surface area contributed by atoms with Crippen LogP contribution in [0, 0.1) is 8.99 Å². The fraction of sp³-hybridized carbons (Fsp3) is 0.417. The summed E-state index contributed by atoms with van der Waals surface area (Å²) in [6.45, 7) is 0.880. The van der Waals surface area contributed by atoms with Crippen molar-refractivity contribution in [3.05, 3.63) is 33.4 Å². The summed E-state index contributed by atoms with van der Waals surface area (Å²) in [5, 5.41) is 9.30. The maximum absolute atomic E-state index is 11.3. The number of carboxylic acid groups (broad SMARTS) is 1. The van der Waals surface area contributed by atoms with Gasteiger partial charge in [0.2, 0.25) is 0 Å². The molecule has 3 nitrogen and oxygen atoms in total. The summed E-state index contributed by atoms with van der Waals surface area (Å²) >= 11 is 2.24. The lowest BCUT2D eigenvalue weighted by Crippen LogP contribution is -2.33. The molecule has 0 aromatic heterocycles. The maximum atomic E-state index is 11.3. The lowest BCUT2D eigenvalue weighted by atomic mass is 9.81. The predicted molar refractivity (Wildman–Crippen MR) is 68.4 cm³/mol. The van der Waals surface area contributed by atoms with E-state index in [9.17, 15) is 9.90 Å². The Morgan fingerprint density at radius 2 is 2.12 bits per heavy atom. The van der Waals surface area contributed by atoms with E-state index < -0.39 is 11.4 Å². The molecule has 0 bridgehead atoms. The molecule has 1 N–H and O–H groups in total. The molecule has 0 spiro atoms. The Bertz CT molecular complexity index is 380. The third-order valence-corrected chi connectivity index (χ3v) is 3.73. The van der Waals surface area contributed by atoms with Crippen molar-refractivity contribution < 1.29 is 14.6 Å². The van der Waals surface area contributed by atoms with E-state index in [2.05, 4.69) is 22.6 Å². The van der Waals surface area contributed by atoms with Crippen LogP contribution in [-0.4, -0.2) is 24.3 Å². The third kappa shape index (κ3) is 2.38. The number of carboxylic acids is 1. The van der Waals surface area contributed by atoms with Crippen molar-refractivity contribution in [1.29, 1.82) is 0 Å². The zero-order chi connectivity index (χ0) is 11.6. The average molecular weight is 332 g/mol. The molecule has 0 aliphatic carbocycles. The number of halogens is 1. The molecule has 16 heavy (non-hydrogen) atoms. The summed E-state index contributed by atoms with van der Waals surface area (Å²) in [5.74, 6) is -0.747. The summed E-state index contributed by atoms with van der Waals surface area (Å²) < 4.78 is 6.40. The zero-order valence-corrected chi connectivity index (χ0v) is 10.9. The van der Waals surface area contributed by atoms with Gasteiger partial charge in [-0.05, 0) is 53.1 Å². The van der Waals surface area contributed by atoms with E-state index in [1.807, 2.05) is 24.3 Å². The molecule has 86 valence electrons. The molecular formula is C12H13IO3. The van der Waals surface area contributed by atoms with Crippen LogP contribution in [0.25, 0.3) is 0 Å². The van der Waals surface area contributed by atoms with Crippen LogP contribution < -0.4 is 0 Å². The van der Waals surface area contributed by atoms with Gasteiger partial charge in [-0.25, -0.2) is 0 Å². The fourth-order valence-electron chi connectivity index (χ4n) is 1.98. The van der Waals surface area contributed by atoms with Crippen LogP contribution >= 0.6 is 22.6 Å². The van der Waals surface area contributed by atoms with Crippen molar-refractivity contribution >= 4 is 28.6 Å². The first-order valence-electron chi connectivity index (χ1n) is 5.18. The van der Waals surface area contributed by atoms with Crippen LogP contribution in [0.3, 0.4) is 0 Å². The van der Waals surface area contributed by atoms with Gasteiger partial charge in [0.15, 0.2) is 0 Å². The molecule has 2 rings (SSSR count). The van der Waals surface area contributed by atoms with Crippen molar-refractivity contribution in [3.8, 4) is 0 Å². The molecule has 4 heteroatoms. The first kappa shape index (κ1) is 11.9. The van der Waals surface area contributed by atoms with Crippen LogP contribution in [0.15, 0.2) is 24.3 Å². The van der Waals surface area contributed by atoms with E-state index in [0.717, 1.165) is 9.13 Å². The highest BCUT2D eigenvalue weighted by Gasteiger charge is 2.42. The molecule has 1 aromatic rings. The molecule has 1 atom stereocenters. The molecule has 1 heterocycles. The van der Waals surface area contributed by atoms with Gasteiger partial charge in [-0.15, -0.1) is 0 Å². The Morgan fingerprint density at radius 3 is 2.62 bits per heavy atom. The molecule has 0 amide bonds. The van der Waals surface area contributed by atoms with Gasteiger partial charge in [0, 0.05) is 10.2 Å². The zero-order valence-electron chi connectivity index (χ0n) is 8.78. The maximum Gasteiger partial charge on any atom is 0.312 e. The monoisotopic (exact) mass is 332 g/mol. The Balaban J connectivity index is 2.18. The predicted octanol–water partition coefficient (Wildman–Crippen LogP) is 2.33. The summed E-state index contributed by atoms with van der Waals surface area (Å²) in [4.78, 5) is 11.3. The number of benzene rings is 1. The van der Waals surface area contributed by atoms with Gasteiger partial charge in [0.25, 0.3) is 0 Å². The molecule has 1 fully saturated rings. The Kier molecular flexibility index (Phi) is 3.49. The van der Waals surface area contributed by atoms with E-state index in [-0.39, 0.29) is 0 Å². The second-order valence-corrected chi connectivity index (χ2v) is 5.44. The van der Waals surface area contributed by atoms with Crippen molar-refractivity contribution in [3.63, 3.8) is 0 Å². The van der Waals surface area contributed by atoms with Crippen molar-refractivity contribution in [2.24, 2.45) is 5.41 Å². The molecule has 1 saturated heterocycles. The Morgan fingerprint density at radius 1 is 1.44 bits per heavy atom. The van der Waals surface area contributed by atoms with Crippen LogP contribution in [0.4, 0.5) is 0 Å². The first-order valence-corrected chi connectivity index (χ1v) is 6.26. The van der Waals surface area contributed by atoms with E-state index in [0.29, 0.717) is 26.1 Å². The quantitative estimate of drug-likeness (QED) is 0.865. The highest BCUT2D eigenvalue weighted by atomic mass is 127. The second kappa shape index (κ2) is 4.71. The SMILES string of the molecule is O=C(O)C1(Cc2ccc(I)cc2)CCOC1. The van der Waals surface area contributed by atoms with E-state index in [4.69, 9.17) is 4.74 Å². The highest BCUT2D eigenvalue weighted by Crippen LogP contribution is 2.33. The van der Waals surface area contributed by atoms with Crippen LogP contribution in [0.2, 0.25) is 0 Å².